The van der Waals surface area contributed by atoms with Crippen LogP contribution in [0.1, 0.15) is 36.6 Å². The molecule has 0 saturated heterocycles. The number of hydrogen-bond acceptors (Lipinski definition) is 3. The quantitative estimate of drug-likeness (QED) is 0.912. The molecule has 106 valence electrons. The summed E-state index contributed by atoms with van der Waals surface area (Å²) in [5.74, 6) is 1.77. The summed E-state index contributed by atoms with van der Waals surface area (Å²) in [6.07, 6.45) is 0. The van der Waals surface area contributed by atoms with Gasteiger partial charge in [-0.25, -0.2) is 4.98 Å². The fourth-order valence-corrected chi connectivity index (χ4v) is 2.04. The molecule has 20 heavy (non-hydrogen) atoms. The molecule has 2 aromatic rings. The number of rotatable bonds is 4. The smallest absolute Gasteiger partial charge is 0.132 e. The Kier molecular flexibility index (Phi) is 4.50. The summed E-state index contributed by atoms with van der Waals surface area (Å²) in [7, 11) is 0. The van der Waals surface area contributed by atoms with Gasteiger partial charge in [0.15, 0.2) is 0 Å². The minimum atomic E-state index is 0.312. The highest BCUT2D eigenvalue weighted by atomic mass is 35.5. The molecule has 1 heterocycles. The van der Waals surface area contributed by atoms with Gasteiger partial charge >= 0.3 is 0 Å². The van der Waals surface area contributed by atoms with Crippen LogP contribution in [0.15, 0.2) is 30.3 Å². The summed E-state index contributed by atoms with van der Waals surface area (Å²) in [6.45, 7) is 6.65. The van der Waals surface area contributed by atoms with Crippen molar-refractivity contribution in [3.05, 3.63) is 52.2 Å². The van der Waals surface area contributed by atoms with E-state index in [9.17, 15) is 0 Å². The van der Waals surface area contributed by atoms with Crippen LogP contribution in [0.2, 0.25) is 5.02 Å². The van der Waals surface area contributed by atoms with Gasteiger partial charge in [-0.2, -0.15) is 0 Å². The molecule has 1 aromatic heterocycles. The molecular weight excluding hydrogens is 272 g/mol. The van der Waals surface area contributed by atoms with Crippen molar-refractivity contribution >= 4 is 17.4 Å². The lowest BCUT2D eigenvalue weighted by molar-refractivity contribution is 0.299. The van der Waals surface area contributed by atoms with Gasteiger partial charge in [0.05, 0.1) is 10.7 Å². The van der Waals surface area contributed by atoms with Gasteiger partial charge in [-0.1, -0.05) is 37.6 Å². The van der Waals surface area contributed by atoms with E-state index in [0.29, 0.717) is 29.1 Å². The normalized spacial score (nSPS) is 10.8. The number of nitrogen functional groups attached to an aromatic ring is 1. The Morgan fingerprint density at radius 3 is 2.70 bits per heavy atom. The first kappa shape index (κ1) is 14.7. The van der Waals surface area contributed by atoms with Crippen molar-refractivity contribution in [2.24, 2.45) is 0 Å². The predicted molar refractivity (Wildman–Crippen MR) is 83.3 cm³/mol. The predicted octanol–water partition coefficient (Wildman–Crippen LogP) is 4.33. The number of nitrogens with two attached hydrogens (primary N) is 1. The molecule has 2 rings (SSSR count). The average molecular weight is 291 g/mol. The second-order valence-electron chi connectivity index (χ2n) is 5.13. The van der Waals surface area contributed by atoms with Crippen LogP contribution >= 0.6 is 11.6 Å². The van der Waals surface area contributed by atoms with E-state index in [1.54, 1.807) is 12.1 Å². The van der Waals surface area contributed by atoms with Crippen LogP contribution in [0.4, 0.5) is 5.82 Å². The molecule has 0 aliphatic carbocycles. The fraction of sp³-hybridized carbons (Fsp3) is 0.312. The molecule has 0 aliphatic rings. The summed E-state index contributed by atoms with van der Waals surface area (Å²) in [4.78, 5) is 4.20. The van der Waals surface area contributed by atoms with Gasteiger partial charge < -0.3 is 10.5 Å². The number of anilines is 1. The molecule has 0 aliphatic heterocycles. The maximum atomic E-state index is 6.09. The molecular formula is C16H19ClN2O. The third-order valence-electron chi connectivity index (χ3n) is 3.18. The van der Waals surface area contributed by atoms with E-state index in [-0.39, 0.29) is 0 Å². The number of ether oxygens (including phenoxy) is 1. The fourth-order valence-electron chi connectivity index (χ4n) is 1.88. The highest BCUT2D eigenvalue weighted by molar-refractivity contribution is 6.31. The first-order valence-corrected chi connectivity index (χ1v) is 6.99. The van der Waals surface area contributed by atoms with E-state index < -0.39 is 0 Å². The van der Waals surface area contributed by atoms with Crippen LogP contribution in [0.25, 0.3) is 0 Å². The molecule has 0 unspecified atom stereocenters. The van der Waals surface area contributed by atoms with Gasteiger partial charge in [-0.05, 0) is 42.2 Å². The van der Waals surface area contributed by atoms with Crippen molar-refractivity contribution in [2.45, 2.75) is 33.3 Å². The van der Waals surface area contributed by atoms with Crippen molar-refractivity contribution in [2.75, 3.05) is 5.73 Å². The maximum Gasteiger partial charge on any atom is 0.132 e. The molecule has 0 radical (unpaired) electrons. The standard InChI is InChI=1S/C16H19ClN2O/c1-10(2)12-5-4-11(3)15(8-12)20-9-14-13(17)6-7-16(18)19-14/h4-8,10H,9H2,1-3H3,(H2,18,19). The van der Waals surface area contributed by atoms with E-state index in [0.717, 1.165) is 11.3 Å². The lowest BCUT2D eigenvalue weighted by Crippen LogP contribution is -2.03. The number of aryl methyl sites for hydroxylation is 1. The van der Waals surface area contributed by atoms with Gasteiger partial charge in [-0.15, -0.1) is 0 Å². The molecule has 4 heteroatoms. The van der Waals surface area contributed by atoms with Gasteiger partial charge in [-0.3, -0.25) is 0 Å². The van der Waals surface area contributed by atoms with E-state index in [1.165, 1.54) is 5.56 Å². The Morgan fingerprint density at radius 2 is 2.00 bits per heavy atom. The van der Waals surface area contributed by atoms with E-state index in [2.05, 4.69) is 37.0 Å². The summed E-state index contributed by atoms with van der Waals surface area (Å²) in [5, 5.41) is 0.567. The lowest BCUT2D eigenvalue weighted by atomic mass is 10.0. The molecule has 0 amide bonds. The van der Waals surface area contributed by atoms with Crippen molar-refractivity contribution < 1.29 is 4.74 Å². The summed E-state index contributed by atoms with van der Waals surface area (Å²) < 4.78 is 5.85. The SMILES string of the molecule is Cc1ccc(C(C)C)cc1OCc1nc(N)ccc1Cl. The Bertz CT molecular complexity index is 611. The van der Waals surface area contributed by atoms with Crippen LogP contribution in [0.5, 0.6) is 5.75 Å². The van der Waals surface area contributed by atoms with Gasteiger partial charge in [0.1, 0.15) is 18.2 Å². The Balaban J connectivity index is 2.18. The second kappa shape index (κ2) is 6.14. The Morgan fingerprint density at radius 1 is 1.25 bits per heavy atom. The van der Waals surface area contributed by atoms with Crippen LogP contribution in [-0.4, -0.2) is 4.98 Å². The number of hydrogen-bond donors (Lipinski definition) is 1. The lowest BCUT2D eigenvalue weighted by Gasteiger charge is -2.13. The van der Waals surface area contributed by atoms with Crippen LogP contribution in [0, 0.1) is 6.92 Å². The average Bonchev–Trinajstić information content (AvgIpc) is 2.41. The van der Waals surface area contributed by atoms with Crippen LogP contribution < -0.4 is 10.5 Å². The van der Waals surface area contributed by atoms with E-state index >= 15 is 0 Å². The summed E-state index contributed by atoms with van der Waals surface area (Å²) >= 11 is 6.09. The largest absolute Gasteiger partial charge is 0.487 e. The summed E-state index contributed by atoms with van der Waals surface area (Å²) in [6, 6.07) is 9.67. The van der Waals surface area contributed by atoms with Crippen molar-refractivity contribution in [1.29, 1.82) is 0 Å². The highest BCUT2D eigenvalue weighted by Crippen LogP contribution is 2.26. The first-order valence-electron chi connectivity index (χ1n) is 6.61. The zero-order chi connectivity index (χ0) is 14.7. The third kappa shape index (κ3) is 3.42. The van der Waals surface area contributed by atoms with Gasteiger partial charge in [0.25, 0.3) is 0 Å². The molecule has 3 nitrogen and oxygen atoms in total. The van der Waals surface area contributed by atoms with Crippen LogP contribution in [0.3, 0.4) is 0 Å². The summed E-state index contributed by atoms with van der Waals surface area (Å²) in [5.41, 5.74) is 8.66. The number of nitrogens with zero attached hydrogens (tertiary/aromatic N) is 1. The minimum Gasteiger partial charge on any atom is -0.487 e. The molecule has 1 aromatic carbocycles. The van der Waals surface area contributed by atoms with Gasteiger partial charge in [0.2, 0.25) is 0 Å². The molecule has 0 fully saturated rings. The Hall–Kier alpha value is -1.74. The first-order chi connectivity index (χ1) is 9.47. The zero-order valence-electron chi connectivity index (χ0n) is 12.0. The molecule has 0 spiro atoms. The minimum absolute atomic E-state index is 0.312. The van der Waals surface area contributed by atoms with E-state index in [1.807, 2.05) is 6.92 Å². The zero-order valence-corrected chi connectivity index (χ0v) is 12.7. The number of aromatic nitrogens is 1. The number of halogens is 1. The van der Waals surface area contributed by atoms with E-state index in [4.69, 9.17) is 22.1 Å². The van der Waals surface area contributed by atoms with Crippen molar-refractivity contribution in [1.82, 2.24) is 4.98 Å². The highest BCUT2D eigenvalue weighted by Gasteiger charge is 2.08. The number of benzene rings is 1. The molecule has 2 N–H and O–H groups in total. The molecule has 0 saturated carbocycles. The Labute approximate surface area is 124 Å². The molecule has 0 atom stereocenters. The third-order valence-corrected chi connectivity index (χ3v) is 3.53. The van der Waals surface area contributed by atoms with Crippen LogP contribution in [-0.2, 0) is 6.61 Å². The number of pyridine rings is 1. The topological polar surface area (TPSA) is 48.1 Å². The van der Waals surface area contributed by atoms with Crippen molar-refractivity contribution in [3.63, 3.8) is 0 Å². The maximum absolute atomic E-state index is 6.09. The monoisotopic (exact) mass is 290 g/mol. The second-order valence-corrected chi connectivity index (χ2v) is 5.54. The van der Waals surface area contributed by atoms with Crippen molar-refractivity contribution in [3.8, 4) is 5.75 Å². The molecule has 0 bridgehead atoms. The van der Waals surface area contributed by atoms with Gasteiger partial charge in [0, 0.05) is 0 Å².